The third-order valence-electron chi connectivity index (χ3n) is 7.35. The van der Waals surface area contributed by atoms with E-state index in [2.05, 4.69) is 6.92 Å². The minimum Gasteiger partial charge on any atom is -0.207 e. The Morgan fingerprint density at radius 1 is 0.846 bits per heavy atom. The molecule has 1 aliphatic carbocycles. The van der Waals surface area contributed by atoms with E-state index in [9.17, 15) is 4.39 Å². The maximum Gasteiger partial charge on any atom is 0.123 e. The van der Waals surface area contributed by atoms with Gasteiger partial charge in [-0.05, 0) is 48.3 Å². The number of hydrogen-bond donors (Lipinski definition) is 0. The lowest BCUT2D eigenvalue weighted by Crippen LogP contribution is -2.22. The Balaban J connectivity index is 1.30. The molecule has 1 saturated carbocycles. The smallest absolute Gasteiger partial charge is 0.123 e. The van der Waals surface area contributed by atoms with Crippen LogP contribution in [0.5, 0.6) is 0 Å². The number of benzene rings is 1. The molecule has 0 amide bonds. The summed E-state index contributed by atoms with van der Waals surface area (Å²) in [6.45, 7) is 2.31. The summed E-state index contributed by atoms with van der Waals surface area (Å²) < 4.78 is 13.1. The monoisotopic (exact) mass is 374 g/mol. The average Bonchev–Trinajstić information content (AvgIpc) is 2.69. The van der Waals surface area contributed by atoms with E-state index in [1.165, 1.54) is 81.9 Å². The summed E-state index contributed by atoms with van der Waals surface area (Å²) in [6, 6.07) is 11.9. The van der Waals surface area contributed by atoms with Crippen molar-refractivity contribution in [2.45, 2.75) is 102 Å². The first-order chi connectivity index (χ1) is 12.7. The molecule has 26 heavy (non-hydrogen) atoms. The van der Waals surface area contributed by atoms with Crippen molar-refractivity contribution in [1.29, 1.82) is 0 Å². The molecule has 2 aliphatic rings. The minimum atomic E-state index is -0.482. The lowest BCUT2D eigenvalue weighted by molar-refractivity contribution is 0.253. The predicted octanol–water partition coefficient (Wildman–Crippen LogP) is 7.71. The summed E-state index contributed by atoms with van der Waals surface area (Å²) in [5, 5.41) is 0. The highest BCUT2D eigenvalue weighted by Crippen LogP contribution is 2.38. The SMILES string of the molecule is CCCCC[C@H]1CC[C@H](CC[Si@H]2CC[C@H](c3ccc(F)cc3)CC2)CC1. The van der Waals surface area contributed by atoms with Gasteiger partial charge in [0.05, 0.1) is 0 Å². The van der Waals surface area contributed by atoms with Gasteiger partial charge in [-0.3, -0.25) is 0 Å². The Morgan fingerprint density at radius 2 is 1.46 bits per heavy atom. The minimum absolute atomic E-state index is 0.100. The van der Waals surface area contributed by atoms with Gasteiger partial charge in [-0.2, -0.15) is 0 Å². The molecule has 1 aromatic rings. The second-order valence-electron chi connectivity index (χ2n) is 9.23. The van der Waals surface area contributed by atoms with Crippen molar-refractivity contribution in [2.24, 2.45) is 11.8 Å². The Hall–Kier alpha value is -0.633. The number of hydrogen-bond acceptors (Lipinski definition) is 0. The van der Waals surface area contributed by atoms with Crippen molar-refractivity contribution in [2.75, 3.05) is 0 Å². The van der Waals surface area contributed by atoms with Gasteiger partial charge in [0.15, 0.2) is 0 Å². The summed E-state index contributed by atoms with van der Waals surface area (Å²) in [6.07, 6.45) is 16.1. The van der Waals surface area contributed by atoms with Gasteiger partial charge >= 0.3 is 0 Å². The highest BCUT2D eigenvalue weighted by molar-refractivity contribution is 6.59. The number of unbranched alkanes of at least 4 members (excludes halogenated alkanes) is 2. The summed E-state index contributed by atoms with van der Waals surface area (Å²) in [4.78, 5) is 0. The zero-order valence-corrected chi connectivity index (χ0v) is 18.1. The van der Waals surface area contributed by atoms with E-state index in [0.29, 0.717) is 5.92 Å². The van der Waals surface area contributed by atoms with Gasteiger partial charge in [0.2, 0.25) is 0 Å². The van der Waals surface area contributed by atoms with Crippen molar-refractivity contribution in [3.05, 3.63) is 35.6 Å². The van der Waals surface area contributed by atoms with E-state index >= 15 is 0 Å². The molecule has 2 heteroatoms. The Morgan fingerprint density at radius 3 is 2.08 bits per heavy atom. The Labute approximate surface area is 162 Å². The molecule has 0 aromatic heterocycles. The molecule has 146 valence electrons. The standard InChI is InChI=1S/C24H39FSi/c1-2-3-4-5-20-6-8-21(9-7-20)14-17-26-18-15-23(16-19-26)22-10-12-24(25)13-11-22/h10-13,20-21,23,26H,2-9,14-19H2,1H3/t20-,21-,23-,26-. The third-order valence-corrected chi connectivity index (χ3v) is 10.8. The maximum absolute atomic E-state index is 13.1. The summed E-state index contributed by atoms with van der Waals surface area (Å²) in [5.74, 6) is 2.72. The average molecular weight is 375 g/mol. The molecular formula is C24H39FSi. The Kier molecular flexibility index (Phi) is 8.23. The lowest BCUT2D eigenvalue weighted by atomic mass is 9.79. The van der Waals surface area contributed by atoms with Crippen LogP contribution in [0.25, 0.3) is 0 Å². The molecule has 0 N–H and O–H groups in total. The quantitative estimate of drug-likeness (QED) is 0.323. The highest BCUT2D eigenvalue weighted by Gasteiger charge is 2.26. The fourth-order valence-corrected chi connectivity index (χ4v) is 9.04. The molecule has 0 atom stereocenters. The van der Waals surface area contributed by atoms with Gasteiger partial charge in [0, 0.05) is 8.80 Å². The first-order valence-electron chi connectivity index (χ1n) is 11.5. The van der Waals surface area contributed by atoms with Crippen molar-refractivity contribution in [3.63, 3.8) is 0 Å². The summed E-state index contributed by atoms with van der Waals surface area (Å²) >= 11 is 0. The molecule has 0 nitrogen and oxygen atoms in total. The van der Waals surface area contributed by atoms with Gasteiger partial charge in [0.25, 0.3) is 0 Å². The van der Waals surface area contributed by atoms with E-state index in [4.69, 9.17) is 0 Å². The van der Waals surface area contributed by atoms with Gasteiger partial charge in [0.1, 0.15) is 5.82 Å². The summed E-state index contributed by atoms with van der Waals surface area (Å²) in [5.41, 5.74) is 1.38. The highest BCUT2D eigenvalue weighted by atomic mass is 28.3. The molecule has 1 aromatic carbocycles. The van der Waals surface area contributed by atoms with E-state index < -0.39 is 8.80 Å². The van der Waals surface area contributed by atoms with Crippen LogP contribution in [0.1, 0.15) is 89.0 Å². The lowest BCUT2D eigenvalue weighted by Gasteiger charge is -2.31. The maximum atomic E-state index is 13.1. The third kappa shape index (κ3) is 6.22. The molecule has 1 aliphatic heterocycles. The van der Waals surface area contributed by atoms with Crippen molar-refractivity contribution in [1.82, 2.24) is 0 Å². The van der Waals surface area contributed by atoms with Gasteiger partial charge in [-0.15, -0.1) is 0 Å². The molecular weight excluding hydrogens is 335 g/mol. The Bertz CT molecular complexity index is 495. The van der Waals surface area contributed by atoms with E-state index in [-0.39, 0.29) is 5.82 Å². The number of halogens is 1. The molecule has 1 heterocycles. The van der Waals surface area contributed by atoms with Crippen LogP contribution < -0.4 is 0 Å². The second-order valence-corrected chi connectivity index (χ2v) is 12.7. The van der Waals surface area contributed by atoms with E-state index in [1.807, 2.05) is 12.1 Å². The first-order valence-corrected chi connectivity index (χ1v) is 13.9. The molecule has 0 radical (unpaired) electrons. The molecule has 0 unspecified atom stereocenters. The van der Waals surface area contributed by atoms with Gasteiger partial charge in [-0.25, -0.2) is 4.39 Å². The fraction of sp³-hybridized carbons (Fsp3) is 0.750. The van der Waals surface area contributed by atoms with Crippen LogP contribution in [-0.4, -0.2) is 8.80 Å². The van der Waals surface area contributed by atoms with E-state index in [0.717, 1.165) is 11.8 Å². The van der Waals surface area contributed by atoms with Crippen molar-refractivity contribution < 1.29 is 4.39 Å². The van der Waals surface area contributed by atoms with Crippen LogP contribution in [0.15, 0.2) is 24.3 Å². The van der Waals surface area contributed by atoms with Crippen LogP contribution >= 0.6 is 0 Å². The molecule has 3 rings (SSSR count). The van der Waals surface area contributed by atoms with Crippen LogP contribution in [0.3, 0.4) is 0 Å². The molecule has 0 bridgehead atoms. The van der Waals surface area contributed by atoms with Crippen LogP contribution in [0.2, 0.25) is 18.1 Å². The normalized spacial score (nSPS) is 29.6. The molecule has 1 saturated heterocycles. The zero-order valence-electron chi connectivity index (χ0n) is 16.9. The van der Waals surface area contributed by atoms with Gasteiger partial charge in [-0.1, -0.05) is 95.0 Å². The second kappa shape index (κ2) is 10.6. The number of rotatable bonds is 8. The van der Waals surface area contributed by atoms with E-state index in [1.54, 1.807) is 24.6 Å². The van der Waals surface area contributed by atoms with Crippen LogP contribution in [-0.2, 0) is 0 Å². The molecule has 0 spiro atoms. The van der Waals surface area contributed by atoms with Crippen molar-refractivity contribution in [3.8, 4) is 0 Å². The molecule has 2 fully saturated rings. The first kappa shape index (κ1) is 20.1. The van der Waals surface area contributed by atoms with Crippen LogP contribution in [0, 0.1) is 17.7 Å². The topological polar surface area (TPSA) is 0 Å². The zero-order chi connectivity index (χ0) is 18.2. The largest absolute Gasteiger partial charge is 0.207 e. The van der Waals surface area contributed by atoms with Crippen molar-refractivity contribution >= 4 is 8.80 Å². The summed E-state index contributed by atoms with van der Waals surface area (Å²) in [7, 11) is -0.482. The fourth-order valence-electron chi connectivity index (χ4n) is 5.48. The van der Waals surface area contributed by atoms with Gasteiger partial charge < -0.3 is 0 Å². The van der Waals surface area contributed by atoms with Crippen LogP contribution in [0.4, 0.5) is 4.39 Å². The predicted molar refractivity (Wildman–Crippen MR) is 114 cm³/mol.